The van der Waals surface area contributed by atoms with Gasteiger partial charge in [0.2, 0.25) is 13.2 Å². The molecule has 0 aromatic carbocycles. The smallest absolute Gasteiger partial charge is 0.320 e. The maximum Gasteiger partial charge on any atom is 0.637 e. The van der Waals surface area contributed by atoms with Crippen molar-refractivity contribution in [2.45, 2.75) is 24.5 Å². The third kappa shape index (κ3) is 6.74. The van der Waals surface area contributed by atoms with Crippen LogP contribution in [0.4, 0.5) is 22.0 Å². The summed E-state index contributed by atoms with van der Waals surface area (Å²) in [6, 6.07) is 0. The van der Waals surface area contributed by atoms with Crippen LogP contribution >= 0.6 is 0 Å². The van der Waals surface area contributed by atoms with Crippen molar-refractivity contribution >= 4 is 0 Å². The molecule has 0 unspecified atom stereocenters. The van der Waals surface area contributed by atoms with Gasteiger partial charge in [-0.25, -0.2) is 0 Å². The molecule has 0 saturated carbocycles. The van der Waals surface area contributed by atoms with Gasteiger partial charge in [0.05, 0.1) is 0 Å². The fourth-order valence-electron chi connectivity index (χ4n) is 0.999. The molecule has 0 N–H and O–H groups in total. The van der Waals surface area contributed by atoms with E-state index in [4.69, 9.17) is 0 Å². The summed E-state index contributed by atoms with van der Waals surface area (Å²) in [4.78, 5) is 32.6. The molecule has 0 rings (SSSR count). The van der Waals surface area contributed by atoms with E-state index in [2.05, 4.69) is 14.2 Å². The summed E-state index contributed by atoms with van der Waals surface area (Å²) in [5.74, 6) is -9.22. The summed E-state index contributed by atoms with van der Waals surface area (Å²) in [7, 11) is 0. The van der Waals surface area contributed by atoms with Gasteiger partial charge in [-0.05, 0) is 0 Å². The Hall–Kier alpha value is -2.87. The molecule has 0 atom stereocenters. The lowest BCUT2D eigenvalue weighted by Crippen LogP contribution is -2.49. The molecule has 0 heterocycles. The van der Waals surface area contributed by atoms with E-state index in [9.17, 15) is 62.4 Å². The molecule has 20 heteroatoms. The van der Waals surface area contributed by atoms with Gasteiger partial charge in [-0.1, -0.05) is 8.78 Å². The molecule has 0 spiro atoms. The van der Waals surface area contributed by atoms with Gasteiger partial charge >= 0.3 is 18.0 Å². The molecule has 27 heavy (non-hydrogen) atoms. The number of rotatable bonds is 12. The van der Waals surface area contributed by atoms with Crippen molar-refractivity contribution in [2.75, 3.05) is 19.8 Å². The van der Waals surface area contributed by atoms with E-state index >= 15 is 0 Å². The van der Waals surface area contributed by atoms with Gasteiger partial charge < -0.3 is 14.2 Å². The van der Waals surface area contributed by atoms with Crippen molar-refractivity contribution in [1.82, 2.24) is 0 Å². The van der Waals surface area contributed by atoms with E-state index in [0.717, 1.165) is 0 Å². The first kappa shape index (κ1) is 24.1. The van der Waals surface area contributed by atoms with Crippen LogP contribution < -0.4 is 0 Å². The largest absolute Gasteiger partial charge is 0.637 e. The summed E-state index contributed by atoms with van der Waals surface area (Å²) >= 11 is 0. The van der Waals surface area contributed by atoms with Gasteiger partial charge in [0.25, 0.3) is 6.48 Å². The average molecular weight is 418 g/mol. The summed E-state index contributed by atoms with van der Waals surface area (Å²) in [6.45, 7) is -9.86. The molecule has 0 saturated heterocycles. The van der Waals surface area contributed by atoms with Crippen LogP contribution in [0.3, 0.4) is 0 Å². The second-order valence-electron chi connectivity index (χ2n) is 4.30. The number of hydrogen-bond donors (Lipinski definition) is 0. The first-order valence-corrected chi connectivity index (χ1v) is 5.93. The highest BCUT2D eigenvalue weighted by atomic mass is 19.4. The molecular weight excluding hydrogens is 411 g/mol. The van der Waals surface area contributed by atoms with Crippen LogP contribution in [-0.2, 0) is 14.2 Å². The third-order valence-corrected chi connectivity index (χ3v) is 2.31. The van der Waals surface area contributed by atoms with Crippen LogP contribution in [0, 0.1) is 40.5 Å². The monoisotopic (exact) mass is 418 g/mol. The van der Waals surface area contributed by atoms with Crippen LogP contribution in [0.5, 0.6) is 0 Å². The number of nitro groups is 4. The second-order valence-corrected chi connectivity index (χ2v) is 4.30. The predicted octanol–water partition coefficient (Wildman–Crippen LogP) is 0.235. The Morgan fingerprint density at radius 1 is 0.630 bits per heavy atom. The average Bonchev–Trinajstić information content (AvgIpc) is 2.51. The van der Waals surface area contributed by atoms with Gasteiger partial charge in [-0.2, -0.15) is 13.2 Å². The number of hydrogen-bond acceptors (Lipinski definition) is 11. The van der Waals surface area contributed by atoms with Crippen molar-refractivity contribution in [3.8, 4) is 0 Å². The van der Waals surface area contributed by atoms with Crippen LogP contribution in [0.15, 0.2) is 0 Å². The molecule has 0 aromatic heterocycles. The van der Waals surface area contributed by atoms with E-state index in [1.165, 1.54) is 0 Å². The van der Waals surface area contributed by atoms with E-state index in [-0.39, 0.29) is 0 Å². The summed E-state index contributed by atoms with van der Waals surface area (Å²) < 4.78 is 74.5. The molecule has 0 bridgehead atoms. The molecule has 156 valence electrons. The van der Waals surface area contributed by atoms with Gasteiger partial charge in [-0.3, -0.25) is 40.5 Å². The number of nitrogens with zero attached hydrogens (tertiary/aromatic N) is 4. The minimum atomic E-state index is -5.15. The Morgan fingerprint density at radius 2 is 0.889 bits per heavy atom. The van der Waals surface area contributed by atoms with Gasteiger partial charge in [-0.15, -0.1) is 0 Å². The van der Waals surface area contributed by atoms with E-state index < -0.39 is 64.0 Å². The van der Waals surface area contributed by atoms with Crippen molar-refractivity contribution in [3.63, 3.8) is 0 Å². The van der Waals surface area contributed by atoms with Gasteiger partial charge in [0.1, 0.15) is 26.3 Å². The van der Waals surface area contributed by atoms with E-state index in [0.29, 0.717) is 0 Å². The maximum absolute atomic E-state index is 13.5. The molecule has 0 aliphatic carbocycles. The summed E-state index contributed by atoms with van der Waals surface area (Å²) in [6.07, 6.45) is -5.15. The van der Waals surface area contributed by atoms with Crippen molar-refractivity contribution in [1.29, 1.82) is 0 Å². The van der Waals surface area contributed by atoms with Crippen molar-refractivity contribution < 1.29 is 55.9 Å². The summed E-state index contributed by atoms with van der Waals surface area (Å²) in [5.41, 5.74) is 0. The topological polar surface area (TPSA) is 200 Å². The van der Waals surface area contributed by atoms with E-state index in [1.54, 1.807) is 0 Å². The molecule has 0 aliphatic heterocycles. The Bertz CT molecular complexity index is 530. The Labute approximate surface area is 142 Å². The number of alkyl halides is 5. The summed E-state index contributed by atoms with van der Waals surface area (Å²) in [5, 5.41) is 41.2. The highest BCUT2D eigenvalue weighted by molar-refractivity contribution is 4.53. The fourth-order valence-corrected chi connectivity index (χ4v) is 0.999. The zero-order valence-electron chi connectivity index (χ0n) is 12.4. The highest BCUT2D eigenvalue weighted by Crippen LogP contribution is 2.21. The SMILES string of the molecule is O=[N+]([O-])C(F)(COC(OCC(F)(F)F)OCC(F)([N+](=O)[O-])[N+](=O)[O-])[N+](=O)[O-]. The van der Waals surface area contributed by atoms with Crippen LogP contribution in [-0.4, -0.2) is 64.0 Å². The minimum absolute atomic E-state index is 2.15. The Balaban J connectivity index is 5.29. The number of ether oxygens (including phenoxy) is 3. The lowest BCUT2D eigenvalue weighted by atomic mass is 10.5. The van der Waals surface area contributed by atoms with Crippen molar-refractivity contribution in [2.24, 2.45) is 0 Å². The first-order chi connectivity index (χ1) is 12.1. The molecule has 0 radical (unpaired) electrons. The van der Waals surface area contributed by atoms with Crippen LogP contribution in [0.2, 0.25) is 0 Å². The van der Waals surface area contributed by atoms with Crippen molar-refractivity contribution in [3.05, 3.63) is 40.5 Å². The molecular formula is C7H7F5N4O11. The molecule has 0 amide bonds. The van der Waals surface area contributed by atoms with E-state index in [1.807, 2.05) is 0 Å². The Kier molecular flexibility index (Phi) is 7.76. The quantitative estimate of drug-likeness (QED) is 0.138. The minimum Gasteiger partial charge on any atom is -0.320 e. The Morgan fingerprint density at radius 3 is 1.11 bits per heavy atom. The lowest BCUT2D eigenvalue weighted by Gasteiger charge is -2.20. The number of halogens is 5. The second kappa shape index (κ2) is 8.68. The highest BCUT2D eigenvalue weighted by Gasteiger charge is 2.61. The first-order valence-electron chi connectivity index (χ1n) is 5.93. The maximum atomic E-state index is 13.5. The molecule has 15 nitrogen and oxygen atoms in total. The van der Waals surface area contributed by atoms with Gasteiger partial charge in [0.15, 0.2) is 0 Å². The van der Waals surface area contributed by atoms with Crippen LogP contribution in [0.25, 0.3) is 0 Å². The standard InChI is InChI=1S/C7H7F5N4O11/c8-5(9,10)1-25-4(26-2-6(11,13(17)18)14(19)20)27-3-7(12,15(21)22)16(23)24/h4H,1-3H2. The zero-order chi connectivity index (χ0) is 21.6. The molecule has 0 aromatic rings. The van der Waals surface area contributed by atoms with Crippen LogP contribution in [0.1, 0.15) is 0 Å². The lowest BCUT2D eigenvalue weighted by molar-refractivity contribution is -0.837. The third-order valence-electron chi connectivity index (χ3n) is 2.31. The normalized spacial score (nSPS) is 12.8. The zero-order valence-corrected chi connectivity index (χ0v) is 12.4. The predicted molar refractivity (Wildman–Crippen MR) is 63.4 cm³/mol. The van der Waals surface area contributed by atoms with Gasteiger partial charge in [0, 0.05) is 0 Å². The molecule has 0 fully saturated rings. The molecule has 0 aliphatic rings. The fraction of sp³-hybridized carbons (Fsp3) is 1.00.